The third kappa shape index (κ3) is 12.4. The molecule has 0 N–H and O–H groups in total. The minimum Gasteiger partial charge on any atom is -0.619 e. The molecule has 0 unspecified atom stereocenters. The van der Waals surface area contributed by atoms with E-state index in [4.69, 9.17) is 46.9 Å². The molecule has 0 radical (unpaired) electrons. The molecule has 2 aliphatic rings. The maximum atomic E-state index is 13.6. The van der Waals surface area contributed by atoms with E-state index in [0.717, 1.165) is 54.7 Å². The summed E-state index contributed by atoms with van der Waals surface area (Å²) in [6.07, 6.45) is 3.90. The molecule has 5 rings (SSSR count). The van der Waals surface area contributed by atoms with Crippen LogP contribution in [0.15, 0.2) is 48.8 Å². The van der Waals surface area contributed by atoms with Crippen LogP contribution in [-0.2, 0) is 35.4 Å². The van der Waals surface area contributed by atoms with Crippen molar-refractivity contribution in [2.75, 3.05) is 30.3 Å². The molecule has 2 fully saturated rings. The SMILES string of the molecule is CC(C)(C)OC(=O)Oc1ccc(N(CC2CC2)S(C)(=O)=O)cc1C(=O)OCC(=O)O[C@@H](Cc1c(Cl)c[n+]([O-])cc1Cl)c1ccc(OC(F)F)c(OCC2CC2)c1. The fourth-order valence-electron chi connectivity index (χ4n) is 5.31. The fraction of sp³-hybridized carbons (Fsp3) is 0.459. The lowest BCUT2D eigenvalue weighted by atomic mass is 10.0. The predicted molar refractivity (Wildman–Crippen MR) is 198 cm³/mol. The third-order valence-corrected chi connectivity index (χ3v) is 10.2. The molecule has 1 aromatic heterocycles. The number of alkyl halides is 2. The number of benzene rings is 2. The van der Waals surface area contributed by atoms with Crippen molar-refractivity contribution in [1.82, 2.24) is 0 Å². The molecule has 56 heavy (non-hydrogen) atoms. The number of esters is 2. The zero-order chi connectivity index (χ0) is 40.9. The van der Waals surface area contributed by atoms with Crippen molar-refractivity contribution in [1.29, 1.82) is 0 Å². The van der Waals surface area contributed by atoms with Crippen LogP contribution >= 0.6 is 23.2 Å². The second-order valence-corrected chi connectivity index (χ2v) is 17.1. The number of ether oxygens (including phenoxy) is 6. The molecule has 1 atom stereocenters. The van der Waals surface area contributed by atoms with Gasteiger partial charge in [0.25, 0.3) is 0 Å². The highest BCUT2D eigenvalue weighted by Crippen LogP contribution is 2.38. The summed E-state index contributed by atoms with van der Waals surface area (Å²) in [5.41, 5.74) is -0.852. The summed E-state index contributed by atoms with van der Waals surface area (Å²) in [6.45, 7) is 1.02. The van der Waals surface area contributed by atoms with Crippen molar-refractivity contribution in [2.45, 2.75) is 71.2 Å². The van der Waals surface area contributed by atoms with E-state index in [1.165, 1.54) is 30.3 Å². The first-order valence-electron chi connectivity index (χ1n) is 17.4. The van der Waals surface area contributed by atoms with Gasteiger partial charge in [-0.2, -0.15) is 13.5 Å². The third-order valence-electron chi connectivity index (χ3n) is 8.34. The first-order chi connectivity index (χ1) is 26.3. The van der Waals surface area contributed by atoms with Crippen LogP contribution < -0.4 is 23.2 Å². The minimum absolute atomic E-state index is 0.0490. The van der Waals surface area contributed by atoms with Crippen LogP contribution in [0.2, 0.25) is 10.0 Å². The molecule has 2 aliphatic carbocycles. The van der Waals surface area contributed by atoms with E-state index in [9.17, 15) is 36.8 Å². The molecule has 0 saturated heterocycles. The Labute approximate surface area is 332 Å². The Morgan fingerprint density at radius 3 is 2.20 bits per heavy atom. The standard InChI is InChI=1S/C37H40Cl2F2N2O12S/c1-37(2,3)55-36(46)54-29-12-10-24(43(56(4,48)49)16-21-5-6-21)14-26(29)34(45)51-20-33(44)52-31(15-25-27(38)17-42(47)18-28(25)39)23-9-11-30(53-35(40)41)32(13-23)50-19-22-7-8-22/h9-14,17-18,21-22,31,35H,5-8,15-16,19-20H2,1-4H3/t31-/m0/s1. The summed E-state index contributed by atoms with van der Waals surface area (Å²) in [7, 11) is -3.81. The molecular formula is C37H40Cl2F2N2O12S. The summed E-state index contributed by atoms with van der Waals surface area (Å²) in [5.74, 6) is -2.57. The number of carbonyl (C=O) groups excluding carboxylic acids is 3. The van der Waals surface area contributed by atoms with Crippen LogP contribution in [0.3, 0.4) is 0 Å². The number of sulfonamides is 1. The summed E-state index contributed by atoms with van der Waals surface area (Å²) in [4.78, 5) is 39.5. The molecule has 1 heterocycles. The van der Waals surface area contributed by atoms with Crippen LogP contribution in [0, 0.1) is 17.0 Å². The Morgan fingerprint density at radius 2 is 1.61 bits per heavy atom. The molecule has 304 valence electrons. The number of anilines is 1. The monoisotopic (exact) mass is 844 g/mol. The Bertz CT molecular complexity index is 2030. The lowest BCUT2D eigenvalue weighted by Crippen LogP contribution is -2.32. The van der Waals surface area contributed by atoms with E-state index in [2.05, 4.69) is 4.74 Å². The maximum Gasteiger partial charge on any atom is 0.514 e. The van der Waals surface area contributed by atoms with Crippen LogP contribution in [0.5, 0.6) is 17.2 Å². The van der Waals surface area contributed by atoms with Gasteiger partial charge in [-0.1, -0.05) is 29.3 Å². The molecular weight excluding hydrogens is 805 g/mol. The Morgan fingerprint density at radius 1 is 0.964 bits per heavy atom. The van der Waals surface area contributed by atoms with E-state index in [1.54, 1.807) is 20.8 Å². The number of rotatable bonds is 17. The molecule has 0 aliphatic heterocycles. The normalized spacial score (nSPS) is 14.8. The topological polar surface area (TPSA) is 171 Å². The number of carbonyl (C=O) groups is 3. The van der Waals surface area contributed by atoms with Crippen molar-refractivity contribution in [3.8, 4) is 17.2 Å². The molecule has 3 aromatic rings. The van der Waals surface area contributed by atoms with Crippen molar-refractivity contribution in [3.05, 3.63) is 80.7 Å². The van der Waals surface area contributed by atoms with Crippen molar-refractivity contribution in [2.24, 2.45) is 11.8 Å². The van der Waals surface area contributed by atoms with Gasteiger partial charge in [-0.25, -0.2) is 22.8 Å². The van der Waals surface area contributed by atoms with E-state index in [1.807, 2.05) is 0 Å². The van der Waals surface area contributed by atoms with Gasteiger partial charge in [-0.05, 0) is 94.2 Å². The molecule has 19 heteroatoms. The van der Waals surface area contributed by atoms with E-state index >= 15 is 0 Å². The van der Waals surface area contributed by atoms with Crippen LogP contribution in [-0.4, -0.2) is 64.7 Å². The predicted octanol–water partition coefficient (Wildman–Crippen LogP) is 7.19. The average molecular weight is 846 g/mol. The molecule has 2 aromatic carbocycles. The van der Waals surface area contributed by atoms with Crippen LogP contribution in [0.4, 0.5) is 19.3 Å². The maximum absolute atomic E-state index is 13.6. The van der Waals surface area contributed by atoms with Gasteiger partial charge in [0.1, 0.15) is 33.1 Å². The van der Waals surface area contributed by atoms with Gasteiger partial charge in [-0.3, -0.25) is 4.31 Å². The Hall–Kier alpha value is -4.61. The molecule has 2 saturated carbocycles. The number of hydrogen-bond donors (Lipinski definition) is 0. The van der Waals surface area contributed by atoms with E-state index < -0.39 is 58.6 Å². The lowest BCUT2D eigenvalue weighted by molar-refractivity contribution is -0.605. The van der Waals surface area contributed by atoms with E-state index in [0.29, 0.717) is 4.73 Å². The van der Waals surface area contributed by atoms with Gasteiger partial charge >= 0.3 is 24.7 Å². The van der Waals surface area contributed by atoms with Crippen LogP contribution in [0.25, 0.3) is 0 Å². The average Bonchev–Trinajstić information content (AvgIpc) is 4.02. The number of hydrogen-bond acceptors (Lipinski definition) is 12. The number of aromatic nitrogens is 1. The van der Waals surface area contributed by atoms with Gasteiger partial charge in [0, 0.05) is 18.5 Å². The van der Waals surface area contributed by atoms with Gasteiger partial charge in [0.05, 0.1) is 18.6 Å². The summed E-state index contributed by atoms with van der Waals surface area (Å²) in [6, 6.07) is 7.64. The highest BCUT2D eigenvalue weighted by atomic mass is 35.5. The number of pyridine rings is 1. The van der Waals surface area contributed by atoms with Gasteiger partial charge in [0.2, 0.25) is 10.0 Å². The Kier molecular flexibility index (Phi) is 13.4. The summed E-state index contributed by atoms with van der Waals surface area (Å²) in [5, 5.41) is 11.8. The largest absolute Gasteiger partial charge is 0.619 e. The van der Waals surface area contributed by atoms with Crippen molar-refractivity contribution in [3.63, 3.8) is 0 Å². The van der Waals surface area contributed by atoms with Gasteiger partial charge < -0.3 is 33.6 Å². The summed E-state index contributed by atoms with van der Waals surface area (Å²) < 4.78 is 85.4. The smallest absolute Gasteiger partial charge is 0.514 e. The highest BCUT2D eigenvalue weighted by Gasteiger charge is 2.32. The molecule has 14 nitrogen and oxygen atoms in total. The summed E-state index contributed by atoms with van der Waals surface area (Å²) >= 11 is 12.7. The first kappa shape index (κ1) is 42.5. The minimum atomic E-state index is -3.81. The van der Waals surface area contributed by atoms with Gasteiger partial charge in [-0.15, -0.1) is 0 Å². The zero-order valence-corrected chi connectivity index (χ0v) is 33.1. The fourth-order valence-corrected chi connectivity index (χ4v) is 6.88. The van der Waals surface area contributed by atoms with E-state index in [-0.39, 0.29) is 75.5 Å². The highest BCUT2D eigenvalue weighted by molar-refractivity contribution is 7.92. The zero-order valence-electron chi connectivity index (χ0n) is 30.8. The van der Waals surface area contributed by atoms with Gasteiger partial charge in [0.15, 0.2) is 30.5 Å². The number of halogens is 4. The lowest BCUT2D eigenvalue weighted by Gasteiger charge is -2.24. The quantitative estimate of drug-likeness (QED) is 0.0441. The number of nitrogens with zero attached hydrogens (tertiary/aromatic N) is 2. The second kappa shape index (κ2) is 17.7. The molecule has 0 spiro atoms. The molecule has 0 amide bonds. The van der Waals surface area contributed by atoms with Crippen molar-refractivity contribution < 1.29 is 64.7 Å². The first-order valence-corrected chi connectivity index (χ1v) is 20.0. The van der Waals surface area contributed by atoms with Crippen LogP contribution in [0.1, 0.15) is 74.0 Å². The second-order valence-electron chi connectivity index (χ2n) is 14.4. The Balaban J connectivity index is 1.41. The molecule has 0 bridgehead atoms. The van der Waals surface area contributed by atoms with Crippen molar-refractivity contribution >= 4 is 57.0 Å².